The molecule has 21 heavy (non-hydrogen) atoms. The maximum atomic E-state index is 6.28. The van der Waals surface area contributed by atoms with E-state index in [1.54, 1.807) is 0 Å². The van der Waals surface area contributed by atoms with Gasteiger partial charge in [-0.25, -0.2) is 0 Å². The van der Waals surface area contributed by atoms with Gasteiger partial charge in [0.25, 0.3) is 0 Å². The second-order valence-corrected chi connectivity index (χ2v) is 6.84. The molecule has 1 aliphatic carbocycles. The van der Waals surface area contributed by atoms with Gasteiger partial charge in [-0.05, 0) is 61.1 Å². The SMILES string of the molecule is Cc1cccc(C2c3cc(Cl)ccc3C3NCCCC32)c1. The Balaban J connectivity index is 1.87. The van der Waals surface area contributed by atoms with Crippen LogP contribution in [-0.2, 0) is 0 Å². The van der Waals surface area contributed by atoms with E-state index >= 15 is 0 Å². The molecule has 3 atom stereocenters. The topological polar surface area (TPSA) is 12.0 Å². The number of fused-ring (bicyclic) bond motifs is 3. The number of aryl methyl sites for hydroxylation is 1. The predicted octanol–water partition coefficient (Wildman–Crippen LogP) is 4.83. The fourth-order valence-electron chi connectivity index (χ4n) is 4.23. The minimum atomic E-state index is 0.483. The summed E-state index contributed by atoms with van der Waals surface area (Å²) in [5.41, 5.74) is 5.66. The number of piperidine rings is 1. The van der Waals surface area contributed by atoms with E-state index in [0.717, 1.165) is 11.6 Å². The van der Waals surface area contributed by atoms with E-state index in [2.05, 4.69) is 48.6 Å². The fourth-order valence-corrected chi connectivity index (χ4v) is 4.41. The van der Waals surface area contributed by atoms with Crippen molar-refractivity contribution < 1.29 is 0 Å². The van der Waals surface area contributed by atoms with E-state index < -0.39 is 0 Å². The van der Waals surface area contributed by atoms with E-state index in [1.807, 2.05) is 6.07 Å². The van der Waals surface area contributed by atoms with Gasteiger partial charge in [0.15, 0.2) is 0 Å². The molecule has 0 amide bonds. The van der Waals surface area contributed by atoms with Gasteiger partial charge in [0.05, 0.1) is 0 Å². The molecule has 0 spiro atoms. The first-order valence-electron chi connectivity index (χ1n) is 7.83. The van der Waals surface area contributed by atoms with E-state index in [1.165, 1.54) is 35.1 Å². The van der Waals surface area contributed by atoms with E-state index in [0.29, 0.717) is 17.9 Å². The van der Waals surface area contributed by atoms with Gasteiger partial charge in [0.2, 0.25) is 0 Å². The summed E-state index contributed by atoms with van der Waals surface area (Å²) >= 11 is 6.28. The first-order chi connectivity index (χ1) is 10.2. The molecular formula is C19H20ClN. The molecule has 2 heteroatoms. The Morgan fingerprint density at radius 3 is 2.86 bits per heavy atom. The van der Waals surface area contributed by atoms with Crippen molar-refractivity contribution in [3.8, 4) is 0 Å². The maximum absolute atomic E-state index is 6.28. The normalized spacial score (nSPS) is 27.2. The summed E-state index contributed by atoms with van der Waals surface area (Å²) in [6, 6.07) is 15.9. The smallest absolute Gasteiger partial charge is 0.0409 e. The van der Waals surface area contributed by atoms with Crippen molar-refractivity contribution in [3.05, 3.63) is 69.7 Å². The Kier molecular flexibility index (Phi) is 3.28. The predicted molar refractivity (Wildman–Crippen MR) is 87.9 cm³/mol. The van der Waals surface area contributed by atoms with E-state index in [-0.39, 0.29) is 0 Å². The largest absolute Gasteiger partial charge is 0.310 e. The van der Waals surface area contributed by atoms with Crippen LogP contribution in [0.15, 0.2) is 42.5 Å². The van der Waals surface area contributed by atoms with Gasteiger partial charge in [-0.2, -0.15) is 0 Å². The molecule has 1 fully saturated rings. The van der Waals surface area contributed by atoms with Gasteiger partial charge in [-0.1, -0.05) is 47.5 Å². The maximum Gasteiger partial charge on any atom is 0.0409 e. The number of benzene rings is 2. The van der Waals surface area contributed by atoms with Crippen LogP contribution in [0.25, 0.3) is 0 Å². The van der Waals surface area contributed by atoms with Crippen LogP contribution >= 0.6 is 11.6 Å². The van der Waals surface area contributed by atoms with Crippen LogP contribution in [-0.4, -0.2) is 6.54 Å². The highest BCUT2D eigenvalue weighted by Crippen LogP contribution is 2.52. The zero-order chi connectivity index (χ0) is 14.4. The van der Waals surface area contributed by atoms with E-state index in [4.69, 9.17) is 11.6 Å². The number of rotatable bonds is 1. The van der Waals surface area contributed by atoms with Crippen LogP contribution in [0.3, 0.4) is 0 Å². The first kappa shape index (κ1) is 13.4. The molecule has 0 radical (unpaired) electrons. The van der Waals surface area contributed by atoms with Crippen molar-refractivity contribution in [3.63, 3.8) is 0 Å². The summed E-state index contributed by atoms with van der Waals surface area (Å²) in [5.74, 6) is 1.14. The molecule has 2 aromatic carbocycles. The van der Waals surface area contributed by atoms with Crippen molar-refractivity contribution in [2.24, 2.45) is 5.92 Å². The lowest BCUT2D eigenvalue weighted by molar-refractivity contribution is 0.287. The molecule has 2 aliphatic rings. The second kappa shape index (κ2) is 5.15. The summed E-state index contributed by atoms with van der Waals surface area (Å²) < 4.78 is 0. The summed E-state index contributed by atoms with van der Waals surface area (Å²) in [7, 11) is 0. The van der Waals surface area contributed by atoms with Crippen LogP contribution in [0, 0.1) is 12.8 Å². The Bertz CT molecular complexity index is 679. The second-order valence-electron chi connectivity index (χ2n) is 6.40. The summed E-state index contributed by atoms with van der Waals surface area (Å²) in [4.78, 5) is 0. The quantitative estimate of drug-likeness (QED) is 0.794. The Hall–Kier alpha value is -1.31. The van der Waals surface area contributed by atoms with Crippen LogP contribution < -0.4 is 5.32 Å². The Morgan fingerprint density at radius 2 is 2.00 bits per heavy atom. The number of halogens is 1. The molecule has 1 heterocycles. The Morgan fingerprint density at radius 1 is 1.10 bits per heavy atom. The standard InChI is InChI=1S/C19H20ClN/c1-12-4-2-5-13(10-12)18-16-6-3-9-21-19(16)15-8-7-14(20)11-17(15)18/h2,4-5,7-8,10-11,16,18-19,21H,3,6,9H2,1H3. The molecule has 1 aliphatic heterocycles. The van der Waals surface area contributed by atoms with Gasteiger partial charge in [-0.15, -0.1) is 0 Å². The molecule has 2 aromatic rings. The lowest BCUT2D eigenvalue weighted by atomic mass is 9.80. The highest BCUT2D eigenvalue weighted by molar-refractivity contribution is 6.30. The monoisotopic (exact) mass is 297 g/mol. The van der Waals surface area contributed by atoms with Crippen molar-refractivity contribution in [1.82, 2.24) is 5.32 Å². The summed E-state index contributed by atoms with van der Waals surface area (Å²) in [5, 5.41) is 4.58. The molecule has 1 N–H and O–H groups in total. The lowest BCUT2D eigenvalue weighted by Crippen LogP contribution is -2.32. The molecule has 3 unspecified atom stereocenters. The number of hydrogen-bond acceptors (Lipinski definition) is 1. The summed E-state index contributed by atoms with van der Waals surface area (Å²) in [6.07, 6.45) is 2.56. The van der Waals surface area contributed by atoms with Crippen molar-refractivity contribution in [2.45, 2.75) is 31.7 Å². The highest BCUT2D eigenvalue weighted by atomic mass is 35.5. The lowest BCUT2D eigenvalue weighted by Gasteiger charge is -2.31. The van der Waals surface area contributed by atoms with Gasteiger partial charge >= 0.3 is 0 Å². The molecule has 0 aromatic heterocycles. The molecule has 108 valence electrons. The van der Waals surface area contributed by atoms with Crippen LogP contribution in [0.5, 0.6) is 0 Å². The van der Waals surface area contributed by atoms with Gasteiger partial charge in [-0.3, -0.25) is 0 Å². The van der Waals surface area contributed by atoms with E-state index in [9.17, 15) is 0 Å². The molecule has 1 nitrogen and oxygen atoms in total. The fraction of sp³-hybridized carbons (Fsp3) is 0.368. The van der Waals surface area contributed by atoms with Gasteiger partial charge in [0, 0.05) is 17.0 Å². The third kappa shape index (κ3) is 2.20. The number of hydrogen-bond donors (Lipinski definition) is 1. The third-order valence-electron chi connectivity index (χ3n) is 5.05. The third-order valence-corrected chi connectivity index (χ3v) is 5.29. The van der Waals surface area contributed by atoms with Crippen molar-refractivity contribution in [1.29, 1.82) is 0 Å². The molecule has 0 bridgehead atoms. The van der Waals surface area contributed by atoms with Crippen LogP contribution in [0.2, 0.25) is 5.02 Å². The van der Waals surface area contributed by atoms with Crippen molar-refractivity contribution in [2.75, 3.05) is 6.54 Å². The summed E-state index contributed by atoms with van der Waals surface area (Å²) in [6.45, 7) is 3.30. The van der Waals surface area contributed by atoms with Gasteiger partial charge in [0.1, 0.15) is 0 Å². The number of nitrogens with one attached hydrogen (secondary N) is 1. The molecule has 1 saturated heterocycles. The molecule has 0 saturated carbocycles. The average molecular weight is 298 g/mol. The zero-order valence-electron chi connectivity index (χ0n) is 12.3. The van der Waals surface area contributed by atoms with Crippen LogP contribution in [0.4, 0.5) is 0 Å². The van der Waals surface area contributed by atoms with Crippen LogP contribution in [0.1, 0.15) is 47.1 Å². The highest BCUT2D eigenvalue weighted by Gasteiger charge is 2.42. The molecule has 4 rings (SSSR count). The minimum absolute atomic E-state index is 0.483. The van der Waals surface area contributed by atoms with Gasteiger partial charge < -0.3 is 5.32 Å². The minimum Gasteiger partial charge on any atom is -0.310 e. The Labute approximate surface area is 131 Å². The average Bonchev–Trinajstić information content (AvgIpc) is 2.80. The molecular weight excluding hydrogens is 278 g/mol. The zero-order valence-corrected chi connectivity index (χ0v) is 13.0. The first-order valence-corrected chi connectivity index (χ1v) is 8.21. The van der Waals surface area contributed by atoms with Crippen molar-refractivity contribution >= 4 is 11.6 Å².